The van der Waals surface area contributed by atoms with Crippen molar-refractivity contribution < 1.29 is 5.11 Å². The highest BCUT2D eigenvalue weighted by molar-refractivity contribution is 5.19. The molecule has 1 saturated carbocycles. The third-order valence-electron chi connectivity index (χ3n) is 8.04. The summed E-state index contributed by atoms with van der Waals surface area (Å²) in [5.74, 6) is 0. The molecule has 0 bridgehead atoms. The van der Waals surface area contributed by atoms with Gasteiger partial charge in [0, 0.05) is 44.8 Å². The molecule has 1 saturated heterocycles. The van der Waals surface area contributed by atoms with Gasteiger partial charge < -0.3 is 10.4 Å². The van der Waals surface area contributed by atoms with Crippen molar-refractivity contribution in [3.8, 4) is 0 Å². The summed E-state index contributed by atoms with van der Waals surface area (Å²) < 4.78 is 0. The minimum atomic E-state index is -0.402. The number of nitrogens with zero attached hydrogens (tertiary/aromatic N) is 2. The average molecular weight is 484 g/mol. The van der Waals surface area contributed by atoms with Crippen LogP contribution in [0.25, 0.3) is 0 Å². The monoisotopic (exact) mass is 483 g/mol. The van der Waals surface area contributed by atoms with Crippen LogP contribution in [0.3, 0.4) is 0 Å². The molecule has 5 rings (SSSR count). The van der Waals surface area contributed by atoms with Crippen LogP contribution in [0.2, 0.25) is 0 Å². The molecule has 4 heteroatoms. The lowest BCUT2D eigenvalue weighted by atomic mass is 9.88. The smallest absolute Gasteiger partial charge is 0.0838 e. The number of piperidine rings is 1. The van der Waals surface area contributed by atoms with E-state index in [9.17, 15) is 5.11 Å². The zero-order chi connectivity index (χ0) is 24.6. The van der Waals surface area contributed by atoms with Gasteiger partial charge in [-0.05, 0) is 29.5 Å². The number of aliphatic hydroxyl groups is 1. The molecule has 2 aliphatic rings. The highest BCUT2D eigenvalue weighted by Gasteiger charge is 2.41. The molecule has 0 radical (unpaired) electrons. The van der Waals surface area contributed by atoms with Gasteiger partial charge in [0.1, 0.15) is 0 Å². The van der Waals surface area contributed by atoms with Crippen LogP contribution in [-0.4, -0.2) is 52.2 Å². The third-order valence-corrected chi connectivity index (χ3v) is 8.04. The number of nitrogens with one attached hydrogen (secondary N) is 1. The highest BCUT2D eigenvalue weighted by atomic mass is 16.3. The Kier molecular flexibility index (Phi) is 8.84. The second-order valence-electron chi connectivity index (χ2n) is 10.7. The molecule has 3 atom stereocenters. The molecule has 1 aliphatic heterocycles. The quantitative estimate of drug-likeness (QED) is 0.437. The van der Waals surface area contributed by atoms with E-state index in [1.807, 2.05) is 0 Å². The minimum Gasteiger partial charge on any atom is -0.390 e. The topological polar surface area (TPSA) is 38.7 Å². The maximum absolute atomic E-state index is 11.7. The molecule has 1 heterocycles. The van der Waals surface area contributed by atoms with Gasteiger partial charge in [-0.25, -0.2) is 0 Å². The van der Waals surface area contributed by atoms with Crippen LogP contribution in [0, 0.1) is 0 Å². The van der Waals surface area contributed by atoms with Gasteiger partial charge in [0.2, 0.25) is 0 Å². The van der Waals surface area contributed by atoms with Crippen LogP contribution in [0.5, 0.6) is 0 Å². The fourth-order valence-corrected chi connectivity index (χ4v) is 6.23. The van der Waals surface area contributed by atoms with Crippen molar-refractivity contribution in [2.24, 2.45) is 0 Å². The van der Waals surface area contributed by atoms with Gasteiger partial charge in [0.05, 0.1) is 12.1 Å². The van der Waals surface area contributed by atoms with Gasteiger partial charge in [-0.3, -0.25) is 9.80 Å². The van der Waals surface area contributed by atoms with Gasteiger partial charge in [-0.15, -0.1) is 0 Å². The first-order chi connectivity index (χ1) is 17.8. The number of hydrogen-bond acceptors (Lipinski definition) is 4. The van der Waals surface area contributed by atoms with Crippen molar-refractivity contribution in [2.45, 2.75) is 76.0 Å². The minimum absolute atomic E-state index is 0.0361. The summed E-state index contributed by atoms with van der Waals surface area (Å²) in [7, 11) is 0. The Bertz CT molecular complexity index is 982. The second kappa shape index (κ2) is 12.6. The van der Waals surface area contributed by atoms with Crippen LogP contribution in [0.4, 0.5) is 0 Å². The molecule has 3 aromatic carbocycles. The molecule has 0 unspecified atom stereocenters. The van der Waals surface area contributed by atoms with E-state index in [1.165, 1.54) is 48.8 Å². The maximum Gasteiger partial charge on any atom is 0.0838 e. The summed E-state index contributed by atoms with van der Waals surface area (Å²) in [5, 5.41) is 15.6. The fraction of sp³-hybridized carbons (Fsp3) is 0.438. The predicted octanol–water partition coefficient (Wildman–Crippen LogP) is 5.23. The van der Waals surface area contributed by atoms with Gasteiger partial charge in [0.25, 0.3) is 0 Å². The van der Waals surface area contributed by atoms with Crippen LogP contribution in [0.15, 0.2) is 91.0 Å². The van der Waals surface area contributed by atoms with Gasteiger partial charge >= 0.3 is 0 Å². The summed E-state index contributed by atoms with van der Waals surface area (Å²) in [6, 6.07) is 32.9. The number of rotatable bonds is 9. The Balaban J connectivity index is 1.41. The highest BCUT2D eigenvalue weighted by Crippen LogP contribution is 2.29. The lowest BCUT2D eigenvalue weighted by Gasteiger charge is -2.49. The molecule has 190 valence electrons. The number of aliphatic hydroxyl groups excluding tert-OH is 1. The van der Waals surface area contributed by atoms with E-state index >= 15 is 0 Å². The summed E-state index contributed by atoms with van der Waals surface area (Å²) in [6.07, 6.45) is 6.11. The lowest BCUT2D eigenvalue weighted by Crippen LogP contribution is -2.66. The van der Waals surface area contributed by atoms with Gasteiger partial charge in [-0.1, -0.05) is 110 Å². The van der Waals surface area contributed by atoms with Crippen molar-refractivity contribution in [1.82, 2.24) is 15.1 Å². The lowest BCUT2D eigenvalue weighted by molar-refractivity contribution is -0.0544. The first-order valence-electron chi connectivity index (χ1n) is 13.8. The Labute approximate surface area is 217 Å². The van der Waals surface area contributed by atoms with Crippen molar-refractivity contribution in [1.29, 1.82) is 0 Å². The molecule has 4 nitrogen and oxygen atoms in total. The molecule has 2 fully saturated rings. The standard InChI is InChI=1S/C32H41N3O/c36-31-25-34(29-19-11-4-12-20-29)24-30(33-21-26-13-5-1-6-14-26)32(31)35(22-27-15-7-2-8-16-27)23-28-17-9-3-10-18-28/h1-3,5-10,13-18,29-33,36H,4,11-12,19-25H2/t30-,31-,32+/m0/s1. The first-order valence-corrected chi connectivity index (χ1v) is 13.8. The van der Waals surface area contributed by atoms with E-state index in [-0.39, 0.29) is 12.1 Å². The van der Waals surface area contributed by atoms with E-state index in [0.29, 0.717) is 6.04 Å². The largest absolute Gasteiger partial charge is 0.390 e. The zero-order valence-corrected chi connectivity index (χ0v) is 21.4. The predicted molar refractivity (Wildman–Crippen MR) is 147 cm³/mol. The third kappa shape index (κ3) is 6.63. The van der Waals surface area contributed by atoms with Crippen LogP contribution >= 0.6 is 0 Å². The normalized spacial score (nSPS) is 23.7. The van der Waals surface area contributed by atoms with E-state index in [0.717, 1.165) is 32.7 Å². The number of benzene rings is 3. The molecule has 2 N–H and O–H groups in total. The van der Waals surface area contributed by atoms with Crippen LogP contribution < -0.4 is 5.32 Å². The molecule has 1 aliphatic carbocycles. The van der Waals surface area contributed by atoms with Gasteiger partial charge in [-0.2, -0.15) is 0 Å². The zero-order valence-electron chi connectivity index (χ0n) is 21.4. The molecule has 3 aromatic rings. The van der Waals surface area contributed by atoms with Crippen LogP contribution in [-0.2, 0) is 19.6 Å². The van der Waals surface area contributed by atoms with E-state index in [2.05, 4.69) is 106 Å². The molecule has 0 aromatic heterocycles. The Morgan fingerprint density at radius 3 is 1.78 bits per heavy atom. The summed E-state index contributed by atoms with van der Waals surface area (Å²) in [5.41, 5.74) is 3.87. The van der Waals surface area contributed by atoms with Gasteiger partial charge in [0.15, 0.2) is 0 Å². The molecule has 0 spiro atoms. The maximum atomic E-state index is 11.7. The van der Waals surface area contributed by atoms with Crippen molar-refractivity contribution in [2.75, 3.05) is 13.1 Å². The Morgan fingerprint density at radius 2 is 1.22 bits per heavy atom. The molecule has 36 heavy (non-hydrogen) atoms. The van der Waals surface area contributed by atoms with E-state index in [4.69, 9.17) is 0 Å². The Hall–Kier alpha value is -2.50. The average Bonchev–Trinajstić information content (AvgIpc) is 2.93. The van der Waals surface area contributed by atoms with Crippen LogP contribution in [0.1, 0.15) is 48.8 Å². The second-order valence-corrected chi connectivity index (χ2v) is 10.7. The number of β-amino-alcohol motifs (C(OH)–C–C–N with tert-alkyl or cyclic N) is 1. The molecular formula is C32H41N3O. The SMILES string of the molecule is O[C@H]1CN(C2CCCCC2)C[C@H](NCc2ccccc2)[C@H]1N(Cc1ccccc1)Cc1ccccc1. The van der Waals surface area contributed by atoms with E-state index in [1.54, 1.807) is 0 Å². The van der Waals surface area contributed by atoms with Crippen molar-refractivity contribution >= 4 is 0 Å². The Morgan fingerprint density at radius 1 is 0.694 bits per heavy atom. The first kappa shape index (κ1) is 25.2. The van der Waals surface area contributed by atoms with E-state index < -0.39 is 6.10 Å². The van der Waals surface area contributed by atoms with Crippen molar-refractivity contribution in [3.63, 3.8) is 0 Å². The molecular weight excluding hydrogens is 442 g/mol. The summed E-state index contributed by atoms with van der Waals surface area (Å²) in [6.45, 7) is 4.21. The van der Waals surface area contributed by atoms with Crippen molar-refractivity contribution in [3.05, 3.63) is 108 Å². The summed E-state index contributed by atoms with van der Waals surface area (Å²) in [4.78, 5) is 5.10. The fourth-order valence-electron chi connectivity index (χ4n) is 6.23. The molecule has 0 amide bonds. The number of likely N-dealkylation sites (tertiary alicyclic amines) is 1. The summed E-state index contributed by atoms with van der Waals surface area (Å²) >= 11 is 0. The number of hydrogen-bond donors (Lipinski definition) is 2.